The minimum Gasteiger partial charge on any atom is -0.497 e. The van der Waals surface area contributed by atoms with Gasteiger partial charge in [-0.15, -0.1) is 5.10 Å². The summed E-state index contributed by atoms with van der Waals surface area (Å²) in [4.78, 5) is 15.5. The maximum atomic E-state index is 11.0. The first kappa shape index (κ1) is 19.6. The van der Waals surface area contributed by atoms with E-state index in [2.05, 4.69) is 15.3 Å². The number of hydrogen-bond donors (Lipinski definition) is 1. The van der Waals surface area contributed by atoms with Crippen molar-refractivity contribution < 1.29 is 14.6 Å². The number of halogens is 1. The molecule has 7 nitrogen and oxygen atoms in total. The fraction of sp³-hybridized carbons (Fsp3) is 0.0909. The number of benzene rings is 2. The van der Waals surface area contributed by atoms with E-state index < -0.39 is 5.97 Å². The third-order valence-corrected chi connectivity index (χ3v) is 5.02. The molecule has 0 aliphatic heterocycles. The summed E-state index contributed by atoms with van der Waals surface area (Å²) < 4.78 is 6.83. The second kappa shape index (κ2) is 7.96. The third kappa shape index (κ3) is 3.75. The molecule has 30 heavy (non-hydrogen) atoms. The molecule has 0 aliphatic rings. The predicted octanol–water partition coefficient (Wildman–Crippen LogP) is 4.66. The lowest BCUT2D eigenvalue weighted by molar-refractivity contribution is 0.0697. The Bertz CT molecular complexity index is 1240. The molecule has 8 heteroatoms. The van der Waals surface area contributed by atoms with E-state index in [1.807, 2.05) is 25.1 Å². The highest BCUT2D eigenvalue weighted by Gasteiger charge is 2.12. The maximum Gasteiger partial charge on any atom is 0.335 e. The van der Waals surface area contributed by atoms with Gasteiger partial charge in [-0.25, -0.2) is 9.48 Å². The van der Waals surface area contributed by atoms with Gasteiger partial charge in [-0.3, -0.25) is 4.98 Å². The van der Waals surface area contributed by atoms with Crippen molar-refractivity contribution in [3.8, 4) is 34.0 Å². The number of nitrogens with zero attached hydrogens (tertiary/aromatic N) is 4. The molecule has 1 N–H and O–H groups in total. The molecule has 0 bridgehead atoms. The number of carboxylic acid groups (broad SMARTS) is 1. The predicted molar refractivity (Wildman–Crippen MR) is 113 cm³/mol. The fourth-order valence-corrected chi connectivity index (χ4v) is 3.33. The van der Waals surface area contributed by atoms with E-state index in [9.17, 15) is 4.79 Å². The number of pyridine rings is 1. The molecule has 2 heterocycles. The van der Waals surface area contributed by atoms with E-state index in [0.717, 1.165) is 28.1 Å². The van der Waals surface area contributed by atoms with Crippen LogP contribution in [0.1, 0.15) is 15.9 Å². The summed E-state index contributed by atoms with van der Waals surface area (Å²) >= 11 is 6.37. The zero-order valence-corrected chi connectivity index (χ0v) is 17.0. The summed E-state index contributed by atoms with van der Waals surface area (Å²) in [6.45, 7) is 1.96. The number of aromatic nitrogens is 4. The van der Waals surface area contributed by atoms with Crippen LogP contribution in [0.25, 0.3) is 28.2 Å². The number of aromatic carboxylic acids is 1. The summed E-state index contributed by atoms with van der Waals surface area (Å²) in [5.41, 5.74) is 4.92. The van der Waals surface area contributed by atoms with Crippen molar-refractivity contribution in [1.29, 1.82) is 0 Å². The van der Waals surface area contributed by atoms with Crippen LogP contribution < -0.4 is 4.74 Å². The monoisotopic (exact) mass is 420 g/mol. The van der Waals surface area contributed by atoms with Gasteiger partial charge in [0.1, 0.15) is 11.4 Å². The van der Waals surface area contributed by atoms with E-state index >= 15 is 0 Å². The second-order valence-electron chi connectivity index (χ2n) is 6.63. The lowest BCUT2D eigenvalue weighted by Crippen LogP contribution is -2.00. The van der Waals surface area contributed by atoms with Gasteiger partial charge in [-0.05, 0) is 48.9 Å². The number of hydrogen-bond acceptors (Lipinski definition) is 5. The number of rotatable bonds is 5. The Morgan fingerprint density at radius 1 is 1.10 bits per heavy atom. The molecule has 150 valence electrons. The SMILES string of the molecule is COc1ccc(-c2cc(C)c(-n3cc(-c4ccc(C(=O)O)cc4)nn3)cn2)c(Cl)c1. The molecule has 0 radical (unpaired) electrons. The average Bonchev–Trinajstić information content (AvgIpc) is 3.23. The minimum atomic E-state index is -0.969. The van der Waals surface area contributed by atoms with Crippen LogP contribution in [0.5, 0.6) is 5.75 Å². The van der Waals surface area contributed by atoms with E-state index in [1.54, 1.807) is 42.4 Å². The Morgan fingerprint density at radius 3 is 2.50 bits per heavy atom. The molecule has 4 aromatic rings. The molecule has 0 aliphatic carbocycles. The molecular weight excluding hydrogens is 404 g/mol. The molecule has 0 saturated heterocycles. The second-order valence-corrected chi connectivity index (χ2v) is 7.04. The zero-order valence-electron chi connectivity index (χ0n) is 16.2. The van der Waals surface area contributed by atoms with Crippen LogP contribution >= 0.6 is 11.6 Å². The minimum absolute atomic E-state index is 0.221. The standard InChI is InChI=1S/C22H17ClN4O3/c1-13-9-19(17-8-7-16(30-2)10-18(17)23)24-11-21(13)27-12-20(25-26-27)14-3-5-15(6-4-14)22(28)29/h3-12H,1-2H3,(H,28,29). The molecular formula is C22H17ClN4O3. The van der Waals surface area contributed by atoms with Crippen LogP contribution in [0.4, 0.5) is 0 Å². The zero-order chi connectivity index (χ0) is 21.3. The molecule has 0 atom stereocenters. The van der Waals surface area contributed by atoms with E-state index in [-0.39, 0.29) is 5.56 Å². The van der Waals surface area contributed by atoms with E-state index in [4.69, 9.17) is 21.4 Å². The number of methoxy groups -OCH3 is 1. The van der Waals surface area contributed by atoms with Gasteiger partial charge in [0.25, 0.3) is 0 Å². The van der Waals surface area contributed by atoms with Gasteiger partial charge in [0.15, 0.2) is 0 Å². The van der Waals surface area contributed by atoms with Gasteiger partial charge in [-0.2, -0.15) is 0 Å². The third-order valence-electron chi connectivity index (χ3n) is 4.70. The maximum absolute atomic E-state index is 11.0. The first-order valence-electron chi connectivity index (χ1n) is 9.03. The molecule has 0 saturated carbocycles. The molecule has 4 rings (SSSR count). The average molecular weight is 421 g/mol. The Labute approximate surface area is 177 Å². The van der Waals surface area contributed by atoms with Crippen molar-refractivity contribution in [3.63, 3.8) is 0 Å². The van der Waals surface area contributed by atoms with E-state index in [1.165, 1.54) is 12.1 Å². The molecule has 0 spiro atoms. The van der Waals surface area contributed by atoms with Crippen LogP contribution in [0.2, 0.25) is 5.02 Å². The normalized spacial score (nSPS) is 10.8. The van der Waals surface area contributed by atoms with Gasteiger partial charge < -0.3 is 9.84 Å². The topological polar surface area (TPSA) is 90.1 Å². The summed E-state index contributed by atoms with van der Waals surface area (Å²) in [5, 5.41) is 18.0. The number of aryl methyl sites for hydroxylation is 1. The van der Waals surface area contributed by atoms with Gasteiger partial charge in [0.2, 0.25) is 0 Å². The van der Waals surface area contributed by atoms with Crippen LogP contribution in [-0.4, -0.2) is 38.2 Å². The van der Waals surface area contributed by atoms with Crippen molar-refractivity contribution >= 4 is 17.6 Å². The van der Waals surface area contributed by atoms with Crippen molar-refractivity contribution in [2.45, 2.75) is 6.92 Å². The molecule has 2 aromatic heterocycles. The molecule has 0 unspecified atom stereocenters. The molecule has 0 fully saturated rings. The van der Waals surface area contributed by atoms with Crippen LogP contribution in [0, 0.1) is 6.92 Å². The highest BCUT2D eigenvalue weighted by atomic mass is 35.5. The highest BCUT2D eigenvalue weighted by molar-refractivity contribution is 6.33. The van der Waals surface area contributed by atoms with Crippen LogP contribution in [-0.2, 0) is 0 Å². The number of carboxylic acids is 1. The molecule has 0 amide bonds. The van der Waals surface area contributed by atoms with Crippen LogP contribution in [0.3, 0.4) is 0 Å². The highest BCUT2D eigenvalue weighted by Crippen LogP contribution is 2.31. The molecule has 2 aromatic carbocycles. The summed E-state index contributed by atoms with van der Waals surface area (Å²) in [5.74, 6) is -0.285. The van der Waals surface area contributed by atoms with Crippen molar-refractivity contribution in [3.05, 3.63) is 77.1 Å². The van der Waals surface area contributed by atoms with Gasteiger partial charge >= 0.3 is 5.97 Å². The first-order chi connectivity index (χ1) is 14.5. The largest absolute Gasteiger partial charge is 0.497 e. The quantitative estimate of drug-likeness (QED) is 0.504. The van der Waals surface area contributed by atoms with Gasteiger partial charge in [0.05, 0.1) is 41.5 Å². The van der Waals surface area contributed by atoms with Crippen molar-refractivity contribution in [1.82, 2.24) is 20.0 Å². The van der Waals surface area contributed by atoms with Crippen molar-refractivity contribution in [2.24, 2.45) is 0 Å². The Hall–Kier alpha value is -3.71. The van der Waals surface area contributed by atoms with Crippen molar-refractivity contribution in [2.75, 3.05) is 7.11 Å². The Kier molecular flexibility index (Phi) is 5.20. The van der Waals surface area contributed by atoms with Crippen LogP contribution in [0.15, 0.2) is 60.9 Å². The Balaban J connectivity index is 1.63. The lowest BCUT2D eigenvalue weighted by atomic mass is 10.1. The first-order valence-corrected chi connectivity index (χ1v) is 9.41. The van der Waals surface area contributed by atoms with Gasteiger partial charge in [-0.1, -0.05) is 28.9 Å². The number of ether oxygens (including phenoxy) is 1. The van der Waals surface area contributed by atoms with E-state index in [0.29, 0.717) is 16.5 Å². The summed E-state index contributed by atoms with van der Waals surface area (Å²) in [6.07, 6.45) is 3.50. The smallest absolute Gasteiger partial charge is 0.335 e. The van der Waals surface area contributed by atoms with Gasteiger partial charge in [0, 0.05) is 11.1 Å². The Morgan fingerprint density at radius 2 is 1.87 bits per heavy atom. The fourth-order valence-electron chi connectivity index (χ4n) is 3.06. The summed E-state index contributed by atoms with van der Waals surface area (Å²) in [7, 11) is 1.59. The number of carbonyl (C=O) groups is 1. The lowest BCUT2D eigenvalue weighted by Gasteiger charge is -2.09. The summed E-state index contributed by atoms with van der Waals surface area (Å²) in [6, 6.07) is 13.9.